The minimum absolute atomic E-state index is 0.0542. The van der Waals surface area contributed by atoms with Crippen molar-refractivity contribution in [3.63, 3.8) is 0 Å². The lowest BCUT2D eigenvalue weighted by Gasteiger charge is -2.34. The molecule has 2 rings (SSSR count). The average Bonchev–Trinajstić information content (AvgIpc) is 2.24. The zero-order valence-corrected chi connectivity index (χ0v) is 10.4. The van der Waals surface area contributed by atoms with Crippen LogP contribution >= 0.6 is 0 Å². The molecule has 0 aliphatic heterocycles. The Kier molecular flexibility index (Phi) is 3.31. The van der Waals surface area contributed by atoms with E-state index >= 15 is 0 Å². The first-order valence-corrected chi connectivity index (χ1v) is 6.15. The van der Waals surface area contributed by atoms with E-state index in [2.05, 4.69) is 4.98 Å². The molecule has 92 valence electrons. The number of nitrogen functional groups attached to an aromatic ring is 1. The number of carbonyl (C=O) groups is 1. The summed E-state index contributed by atoms with van der Waals surface area (Å²) in [6.45, 7) is 2.01. The van der Waals surface area contributed by atoms with Crippen molar-refractivity contribution in [2.24, 2.45) is 0 Å². The summed E-state index contributed by atoms with van der Waals surface area (Å²) in [5, 5.41) is 0. The maximum atomic E-state index is 12.2. The number of carbonyl (C=O) groups excluding carboxylic acids is 1. The summed E-state index contributed by atoms with van der Waals surface area (Å²) in [6.07, 6.45) is 4.24. The van der Waals surface area contributed by atoms with Gasteiger partial charge in [-0.25, -0.2) is 4.98 Å². The molecule has 0 atom stereocenters. The van der Waals surface area contributed by atoms with E-state index in [9.17, 15) is 4.79 Å². The van der Waals surface area contributed by atoms with E-state index in [1.807, 2.05) is 24.9 Å². The Hall–Kier alpha value is -1.58. The minimum Gasteiger partial charge on any atom is -0.384 e. The van der Waals surface area contributed by atoms with E-state index in [0.717, 1.165) is 25.0 Å². The highest BCUT2D eigenvalue weighted by Crippen LogP contribution is 2.25. The molecular formula is C13H19N3O. The van der Waals surface area contributed by atoms with Gasteiger partial charge in [-0.2, -0.15) is 0 Å². The Morgan fingerprint density at radius 3 is 2.76 bits per heavy atom. The van der Waals surface area contributed by atoms with Gasteiger partial charge in [0.25, 0.3) is 5.91 Å². The van der Waals surface area contributed by atoms with Crippen molar-refractivity contribution in [2.75, 3.05) is 12.8 Å². The number of hydrogen-bond donors (Lipinski definition) is 1. The molecule has 1 heterocycles. The summed E-state index contributed by atoms with van der Waals surface area (Å²) in [7, 11) is 1.87. The summed E-state index contributed by atoms with van der Waals surface area (Å²) < 4.78 is 0. The number of amides is 1. The van der Waals surface area contributed by atoms with Crippen LogP contribution in [0.5, 0.6) is 0 Å². The standard InChI is InChI=1S/C13H19N3O/c1-3-10-7-9(8-12(14)15-10)13(17)16(2)11-5-4-6-11/h7-8,11H,3-6H2,1-2H3,(H2,14,15). The monoisotopic (exact) mass is 233 g/mol. The van der Waals surface area contributed by atoms with Crippen LogP contribution < -0.4 is 5.73 Å². The van der Waals surface area contributed by atoms with E-state index in [1.54, 1.807) is 6.07 Å². The fourth-order valence-electron chi connectivity index (χ4n) is 2.06. The fraction of sp³-hybridized carbons (Fsp3) is 0.538. The first-order chi connectivity index (χ1) is 8.11. The van der Waals surface area contributed by atoms with Crippen LogP contribution in [0, 0.1) is 0 Å². The molecule has 17 heavy (non-hydrogen) atoms. The molecule has 4 nitrogen and oxygen atoms in total. The zero-order valence-electron chi connectivity index (χ0n) is 10.4. The van der Waals surface area contributed by atoms with Crippen molar-refractivity contribution in [1.82, 2.24) is 9.88 Å². The lowest BCUT2D eigenvalue weighted by atomic mass is 9.91. The Bertz CT molecular complexity index is 427. The van der Waals surface area contributed by atoms with Gasteiger partial charge in [-0.05, 0) is 37.8 Å². The number of aromatic nitrogens is 1. The van der Waals surface area contributed by atoms with E-state index in [4.69, 9.17) is 5.73 Å². The highest BCUT2D eigenvalue weighted by atomic mass is 16.2. The normalized spacial score (nSPS) is 15.4. The molecule has 0 spiro atoms. The van der Waals surface area contributed by atoms with Crippen molar-refractivity contribution < 1.29 is 4.79 Å². The minimum atomic E-state index is 0.0542. The third kappa shape index (κ3) is 2.40. The average molecular weight is 233 g/mol. The second-order valence-corrected chi connectivity index (χ2v) is 4.63. The van der Waals surface area contributed by atoms with E-state index in [0.29, 0.717) is 17.4 Å². The predicted octanol–water partition coefficient (Wildman–Crippen LogP) is 1.85. The smallest absolute Gasteiger partial charge is 0.254 e. The molecule has 4 heteroatoms. The summed E-state index contributed by atoms with van der Waals surface area (Å²) in [5.74, 6) is 0.480. The summed E-state index contributed by atoms with van der Waals surface area (Å²) in [5.41, 5.74) is 7.24. The fourth-order valence-corrected chi connectivity index (χ4v) is 2.06. The number of anilines is 1. The molecule has 0 saturated heterocycles. The van der Waals surface area contributed by atoms with Crippen LogP contribution in [0.3, 0.4) is 0 Å². The lowest BCUT2D eigenvalue weighted by molar-refractivity contribution is 0.0652. The third-order valence-electron chi connectivity index (χ3n) is 3.45. The van der Waals surface area contributed by atoms with E-state index < -0.39 is 0 Å². The van der Waals surface area contributed by atoms with Gasteiger partial charge in [0.15, 0.2) is 0 Å². The van der Waals surface area contributed by atoms with Crippen LogP contribution in [0.25, 0.3) is 0 Å². The van der Waals surface area contributed by atoms with Crippen LogP contribution in [0.4, 0.5) is 5.82 Å². The molecule has 1 aliphatic carbocycles. The zero-order chi connectivity index (χ0) is 12.4. The molecule has 1 amide bonds. The topological polar surface area (TPSA) is 59.2 Å². The van der Waals surface area contributed by atoms with Crippen LogP contribution in [0.1, 0.15) is 42.2 Å². The van der Waals surface area contributed by atoms with Crippen LogP contribution in [-0.4, -0.2) is 28.9 Å². The molecule has 1 saturated carbocycles. The molecule has 1 aliphatic rings. The highest BCUT2D eigenvalue weighted by Gasteiger charge is 2.26. The quantitative estimate of drug-likeness (QED) is 0.866. The second kappa shape index (κ2) is 4.73. The van der Waals surface area contributed by atoms with Crippen LogP contribution in [0.2, 0.25) is 0 Å². The number of nitrogens with zero attached hydrogens (tertiary/aromatic N) is 2. The molecule has 0 aromatic carbocycles. The largest absolute Gasteiger partial charge is 0.384 e. The number of hydrogen-bond acceptors (Lipinski definition) is 3. The van der Waals surface area contributed by atoms with Gasteiger partial charge in [0.1, 0.15) is 5.82 Å². The molecule has 1 fully saturated rings. The molecule has 0 bridgehead atoms. The number of pyridine rings is 1. The van der Waals surface area contributed by atoms with Crippen molar-refractivity contribution in [2.45, 2.75) is 38.6 Å². The van der Waals surface area contributed by atoms with E-state index in [-0.39, 0.29) is 5.91 Å². The molecule has 2 N–H and O–H groups in total. The third-order valence-corrected chi connectivity index (χ3v) is 3.45. The number of rotatable bonds is 3. The maximum absolute atomic E-state index is 12.2. The Morgan fingerprint density at radius 1 is 1.53 bits per heavy atom. The van der Waals surface area contributed by atoms with Crippen molar-refractivity contribution in [3.8, 4) is 0 Å². The van der Waals surface area contributed by atoms with Gasteiger partial charge < -0.3 is 10.6 Å². The molecule has 1 aromatic heterocycles. The van der Waals surface area contributed by atoms with Gasteiger partial charge >= 0.3 is 0 Å². The summed E-state index contributed by atoms with van der Waals surface area (Å²) >= 11 is 0. The second-order valence-electron chi connectivity index (χ2n) is 4.63. The number of nitrogens with two attached hydrogens (primary N) is 1. The van der Waals surface area contributed by atoms with Crippen LogP contribution in [-0.2, 0) is 6.42 Å². The van der Waals surface area contributed by atoms with Gasteiger partial charge in [-0.1, -0.05) is 6.92 Å². The van der Waals surface area contributed by atoms with Crippen molar-refractivity contribution in [3.05, 3.63) is 23.4 Å². The van der Waals surface area contributed by atoms with Gasteiger partial charge in [0, 0.05) is 24.3 Å². The molecular weight excluding hydrogens is 214 g/mol. The molecule has 0 radical (unpaired) electrons. The van der Waals surface area contributed by atoms with Gasteiger partial charge in [-0.15, -0.1) is 0 Å². The van der Waals surface area contributed by atoms with Crippen molar-refractivity contribution >= 4 is 11.7 Å². The predicted molar refractivity (Wildman–Crippen MR) is 67.8 cm³/mol. The molecule has 1 aromatic rings. The number of aryl methyl sites for hydroxylation is 1. The van der Waals surface area contributed by atoms with Crippen molar-refractivity contribution in [1.29, 1.82) is 0 Å². The van der Waals surface area contributed by atoms with Crippen LogP contribution in [0.15, 0.2) is 12.1 Å². The summed E-state index contributed by atoms with van der Waals surface area (Å²) in [6, 6.07) is 3.91. The summed E-state index contributed by atoms with van der Waals surface area (Å²) in [4.78, 5) is 18.3. The Balaban J connectivity index is 2.20. The van der Waals surface area contributed by atoms with Gasteiger partial charge in [-0.3, -0.25) is 4.79 Å². The van der Waals surface area contributed by atoms with E-state index in [1.165, 1.54) is 6.42 Å². The first kappa shape index (κ1) is 11.9. The highest BCUT2D eigenvalue weighted by molar-refractivity contribution is 5.95. The van der Waals surface area contributed by atoms with Gasteiger partial charge in [0.2, 0.25) is 0 Å². The Morgan fingerprint density at radius 2 is 2.24 bits per heavy atom. The Labute approximate surface area is 102 Å². The first-order valence-electron chi connectivity index (χ1n) is 6.15. The SMILES string of the molecule is CCc1cc(C(=O)N(C)C2CCC2)cc(N)n1. The maximum Gasteiger partial charge on any atom is 0.254 e. The lowest BCUT2D eigenvalue weighted by Crippen LogP contribution is -2.41. The molecule has 0 unspecified atom stereocenters. The van der Waals surface area contributed by atoms with Gasteiger partial charge in [0.05, 0.1) is 0 Å².